The van der Waals surface area contributed by atoms with E-state index in [9.17, 15) is 14.7 Å². The molecule has 16 heavy (non-hydrogen) atoms. The molecule has 2 aliphatic heterocycles. The number of amides is 1. The Morgan fingerprint density at radius 3 is 2.38 bits per heavy atom. The Balaban J connectivity index is 0.00000128. The molecule has 0 saturated carbocycles. The zero-order chi connectivity index (χ0) is 11.4. The van der Waals surface area contributed by atoms with Crippen LogP contribution >= 0.6 is 0 Å². The first-order valence-corrected chi connectivity index (χ1v) is 5.12. The molecular weight excluding hydrogens is 425 g/mol. The third-order valence-corrected chi connectivity index (χ3v) is 3.32. The number of fused-ring (bicyclic) bond motifs is 1. The van der Waals surface area contributed by atoms with Gasteiger partial charge in [0, 0.05) is 44.1 Å². The van der Waals surface area contributed by atoms with Gasteiger partial charge in [-0.25, -0.2) is 4.79 Å². The van der Waals surface area contributed by atoms with Crippen LogP contribution in [0.2, 0.25) is 0 Å². The van der Waals surface area contributed by atoms with E-state index < -0.39 is 23.7 Å². The zero-order valence-corrected chi connectivity index (χ0v) is 14.3. The van der Waals surface area contributed by atoms with Gasteiger partial charge in [0.2, 0.25) is 11.4 Å². The number of hydrogen-bond donors (Lipinski definition) is 2. The number of rotatable bonds is 2. The summed E-state index contributed by atoms with van der Waals surface area (Å²) < 4.78 is 4.94. The van der Waals surface area contributed by atoms with Gasteiger partial charge in [0.1, 0.15) is 6.10 Å². The van der Waals surface area contributed by atoms with Crippen LogP contribution in [-0.2, 0) is 14.3 Å². The molecule has 4 unspecified atom stereocenters. The largest absolute Gasteiger partial charge is 0.456 e. The van der Waals surface area contributed by atoms with E-state index in [4.69, 9.17) is 4.74 Å². The zero-order valence-electron chi connectivity index (χ0n) is 9.56. The van der Waals surface area contributed by atoms with Gasteiger partial charge in [-0.2, -0.15) is 0 Å². The van der Waals surface area contributed by atoms with Crippen LogP contribution in [0.3, 0.4) is 0 Å². The van der Waals surface area contributed by atoms with Crippen molar-refractivity contribution in [3.8, 4) is 0 Å². The normalized spacial score (nSPS) is 38.1. The SMILES string of the molecule is CC(C)C(O)C12NC(=O)C(C)C1OC2=O.[Ac]. The Labute approximate surface area is 130 Å². The summed E-state index contributed by atoms with van der Waals surface area (Å²) in [7, 11) is 0. The van der Waals surface area contributed by atoms with Crippen molar-refractivity contribution in [2.45, 2.75) is 38.5 Å². The van der Waals surface area contributed by atoms with Crippen molar-refractivity contribution in [2.24, 2.45) is 11.8 Å². The van der Waals surface area contributed by atoms with Crippen molar-refractivity contribution < 1.29 is 63.5 Å². The first-order chi connectivity index (χ1) is 6.91. The molecule has 2 fully saturated rings. The minimum atomic E-state index is -1.19. The van der Waals surface area contributed by atoms with Gasteiger partial charge in [-0.15, -0.1) is 0 Å². The maximum Gasteiger partial charge on any atom is 0.338 e. The third-order valence-electron chi connectivity index (χ3n) is 3.32. The molecule has 6 heteroatoms. The molecule has 2 rings (SSSR count). The summed E-state index contributed by atoms with van der Waals surface area (Å²) in [5.41, 5.74) is -1.19. The number of hydrogen-bond acceptors (Lipinski definition) is 4. The van der Waals surface area contributed by atoms with E-state index in [0.29, 0.717) is 0 Å². The summed E-state index contributed by atoms with van der Waals surface area (Å²) in [5, 5.41) is 12.6. The van der Waals surface area contributed by atoms with Gasteiger partial charge in [-0.3, -0.25) is 4.79 Å². The summed E-state index contributed by atoms with van der Waals surface area (Å²) in [6.07, 6.45) is -1.41. The number of ether oxygens (including phenoxy) is 1. The van der Waals surface area contributed by atoms with Crippen molar-refractivity contribution in [2.75, 3.05) is 0 Å². The number of carbonyl (C=O) groups excluding carboxylic acids is 2. The quantitative estimate of drug-likeness (QED) is 0.565. The Morgan fingerprint density at radius 2 is 2.00 bits per heavy atom. The van der Waals surface area contributed by atoms with Crippen LogP contribution in [-0.4, -0.2) is 34.7 Å². The molecule has 0 aromatic heterocycles. The average molecular weight is 440 g/mol. The minimum absolute atomic E-state index is 0. The first kappa shape index (κ1) is 14.4. The van der Waals surface area contributed by atoms with E-state index in [-0.39, 0.29) is 61.8 Å². The molecule has 0 aliphatic carbocycles. The van der Waals surface area contributed by atoms with Gasteiger partial charge in [-0.05, 0) is 12.8 Å². The van der Waals surface area contributed by atoms with Crippen LogP contribution in [0.25, 0.3) is 0 Å². The van der Waals surface area contributed by atoms with Gasteiger partial charge >= 0.3 is 5.97 Å². The van der Waals surface area contributed by atoms with Crippen LogP contribution in [0.15, 0.2) is 0 Å². The van der Waals surface area contributed by atoms with Crippen LogP contribution < -0.4 is 5.32 Å². The molecule has 1 amide bonds. The monoisotopic (exact) mass is 440 g/mol. The van der Waals surface area contributed by atoms with Crippen molar-refractivity contribution >= 4 is 11.9 Å². The summed E-state index contributed by atoms with van der Waals surface area (Å²) in [6.45, 7) is 5.30. The van der Waals surface area contributed by atoms with E-state index in [2.05, 4.69) is 5.32 Å². The Morgan fingerprint density at radius 1 is 1.44 bits per heavy atom. The molecule has 2 aliphatic rings. The fourth-order valence-corrected chi connectivity index (χ4v) is 2.33. The maximum atomic E-state index is 11.5. The molecule has 0 bridgehead atoms. The third kappa shape index (κ3) is 1.65. The number of carbonyl (C=O) groups is 2. The molecule has 2 saturated heterocycles. The Kier molecular flexibility index (Phi) is 4.09. The van der Waals surface area contributed by atoms with Gasteiger partial charge in [0.05, 0.1) is 12.0 Å². The molecule has 2 N–H and O–H groups in total. The van der Waals surface area contributed by atoms with E-state index in [1.807, 2.05) is 0 Å². The second-order valence-electron chi connectivity index (χ2n) is 4.66. The fraction of sp³-hybridized carbons (Fsp3) is 0.800. The van der Waals surface area contributed by atoms with Crippen LogP contribution in [0, 0.1) is 55.9 Å². The molecule has 5 nitrogen and oxygen atoms in total. The summed E-state index contributed by atoms with van der Waals surface area (Å²) >= 11 is 0. The van der Waals surface area contributed by atoms with Gasteiger partial charge in [0.15, 0.2) is 0 Å². The van der Waals surface area contributed by atoms with Gasteiger partial charge < -0.3 is 15.2 Å². The first-order valence-electron chi connectivity index (χ1n) is 5.12. The van der Waals surface area contributed by atoms with Crippen molar-refractivity contribution in [3.05, 3.63) is 0 Å². The van der Waals surface area contributed by atoms with Gasteiger partial charge in [0.25, 0.3) is 0 Å². The van der Waals surface area contributed by atoms with Crippen LogP contribution in [0.1, 0.15) is 20.8 Å². The van der Waals surface area contributed by atoms with Crippen molar-refractivity contribution in [3.63, 3.8) is 0 Å². The van der Waals surface area contributed by atoms with E-state index in [1.54, 1.807) is 20.8 Å². The Bertz CT molecular complexity index is 333. The smallest absolute Gasteiger partial charge is 0.338 e. The predicted octanol–water partition coefficient (Wildman–Crippen LogP) is -0.567. The molecule has 0 aromatic rings. The van der Waals surface area contributed by atoms with Crippen LogP contribution in [0.4, 0.5) is 0 Å². The second-order valence-corrected chi connectivity index (χ2v) is 4.66. The van der Waals surface area contributed by atoms with Gasteiger partial charge in [-0.1, -0.05) is 13.8 Å². The van der Waals surface area contributed by atoms with Crippen molar-refractivity contribution in [1.29, 1.82) is 0 Å². The molecule has 0 spiro atoms. The molecule has 87 valence electrons. The number of aliphatic hydroxyl groups is 1. The number of aliphatic hydroxyl groups excluding tert-OH is 1. The number of esters is 1. The summed E-state index contributed by atoms with van der Waals surface area (Å²) in [4.78, 5) is 22.9. The fourth-order valence-electron chi connectivity index (χ4n) is 2.33. The molecule has 4 atom stereocenters. The summed E-state index contributed by atoms with van der Waals surface area (Å²) in [6, 6.07) is 0. The van der Waals surface area contributed by atoms with Crippen molar-refractivity contribution in [1.82, 2.24) is 5.32 Å². The topological polar surface area (TPSA) is 75.6 Å². The minimum Gasteiger partial charge on any atom is -0.456 e. The second kappa shape index (κ2) is 4.55. The standard InChI is InChI=1S/C10H15NO4.Ac/c1-4(2)6(12)10-7(15-9(10)14)5(3)8(13)11-10;/h4-7,12H,1-3H3,(H,11,13);. The maximum absolute atomic E-state index is 11.5. The summed E-state index contributed by atoms with van der Waals surface area (Å²) in [5.74, 6) is -1.24. The molecule has 0 aromatic carbocycles. The van der Waals surface area contributed by atoms with E-state index >= 15 is 0 Å². The predicted molar refractivity (Wildman–Crippen MR) is 50.8 cm³/mol. The average Bonchev–Trinajstić information content (AvgIpc) is 2.37. The molecular formula is C10H15AcNO4. The van der Waals surface area contributed by atoms with E-state index in [0.717, 1.165) is 0 Å². The van der Waals surface area contributed by atoms with Crippen LogP contribution in [0.5, 0.6) is 0 Å². The Hall–Kier alpha value is 0.342. The van der Waals surface area contributed by atoms with E-state index in [1.165, 1.54) is 0 Å². The number of nitrogens with one attached hydrogen (secondary N) is 1. The molecule has 1 radical (unpaired) electrons. The molecule has 2 heterocycles.